The lowest BCUT2D eigenvalue weighted by Crippen LogP contribution is -2.34. The van der Waals surface area contributed by atoms with Crippen LogP contribution in [0.2, 0.25) is 0 Å². The minimum Gasteiger partial charge on any atom is -0.349 e. The number of rotatable bonds is 3. The van der Waals surface area contributed by atoms with Gasteiger partial charge in [-0.15, -0.1) is 0 Å². The lowest BCUT2D eigenvalue weighted by molar-refractivity contribution is -0.116. The van der Waals surface area contributed by atoms with E-state index in [0.29, 0.717) is 11.3 Å². The van der Waals surface area contributed by atoms with Gasteiger partial charge in [-0.3, -0.25) is 9.59 Å². The van der Waals surface area contributed by atoms with Crippen molar-refractivity contribution >= 4 is 27.5 Å². The molecule has 1 aliphatic heterocycles. The second-order valence-corrected chi connectivity index (χ2v) is 8.37. The van der Waals surface area contributed by atoms with Crippen LogP contribution in [0.15, 0.2) is 24.3 Å². The molecule has 0 spiro atoms. The predicted molar refractivity (Wildman–Crippen MR) is 91.3 cm³/mol. The molecule has 7 heteroatoms. The van der Waals surface area contributed by atoms with Crippen molar-refractivity contribution in [2.75, 3.05) is 10.1 Å². The molecule has 1 aliphatic carbocycles. The Balaban J connectivity index is 1.70. The smallest absolute Gasteiger partial charge is 0.251 e. The molecule has 1 heterocycles. The second-order valence-electron chi connectivity index (χ2n) is 6.43. The molecule has 1 aromatic rings. The van der Waals surface area contributed by atoms with Crippen molar-refractivity contribution in [1.29, 1.82) is 0 Å². The third-order valence-corrected chi connectivity index (χ3v) is 6.32. The van der Waals surface area contributed by atoms with Gasteiger partial charge in [0.15, 0.2) is 0 Å². The minimum atomic E-state index is -3.57. The normalized spacial score (nSPS) is 21.5. The molecule has 24 heavy (non-hydrogen) atoms. The Kier molecular flexibility index (Phi) is 4.89. The highest BCUT2D eigenvalue weighted by atomic mass is 32.2. The molecule has 0 aromatic heterocycles. The number of sulfonamides is 1. The number of amides is 2. The predicted octanol–water partition coefficient (Wildman–Crippen LogP) is 2.21. The van der Waals surface area contributed by atoms with E-state index in [4.69, 9.17) is 0 Å². The van der Waals surface area contributed by atoms with Crippen molar-refractivity contribution in [3.63, 3.8) is 0 Å². The molecule has 6 nitrogen and oxygen atoms in total. The van der Waals surface area contributed by atoms with Gasteiger partial charge in [0.2, 0.25) is 15.9 Å². The van der Waals surface area contributed by atoms with Gasteiger partial charge in [-0.1, -0.05) is 25.7 Å². The summed E-state index contributed by atoms with van der Waals surface area (Å²) < 4.78 is 24.7. The fourth-order valence-corrected chi connectivity index (χ4v) is 4.77. The average molecular weight is 350 g/mol. The average Bonchev–Trinajstić information content (AvgIpc) is 2.72. The fourth-order valence-electron chi connectivity index (χ4n) is 3.31. The Hall–Kier alpha value is -1.89. The van der Waals surface area contributed by atoms with Crippen molar-refractivity contribution < 1.29 is 18.0 Å². The number of benzene rings is 1. The van der Waals surface area contributed by atoms with E-state index >= 15 is 0 Å². The van der Waals surface area contributed by atoms with Crippen molar-refractivity contribution in [3.05, 3.63) is 29.8 Å². The van der Waals surface area contributed by atoms with E-state index in [1.54, 1.807) is 12.1 Å². The first kappa shape index (κ1) is 17.0. The second kappa shape index (κ2) is 6.93. The van der Waals surface area contributed by atoms with E-state index in [1.807, 2.05) is 0 Å². The lowest BCUT2D eigenvalue weighted by atomic mass is 10.1. The summed E-state index contributed by atoms with van der Waals surface area (Å²) in [6.07, 6.45) is 6.73. The van der Waals surface area contributed by atoms with Crippen LogP contribution in [0, 0.1) is 0 Å². The number of carbonyl (C=O) groups is 2. The molecule has 2 aliphatic rings. The van der Waals surface area contributed by atoms with Gasteiger partial charge in [0.25, 0.3) is 5.91 Å². The topological polar surface area (TPSA) is 83.6 Å². The summed E-state index contributed by atoms with van der Waals surface area (Å²) in [5, 5.41) is 3.05. The van der Waals surface area contributed by atoms with Crippen LogP contribution in [0.3, 0.4) is 0 Å². The minimum absolute atomic E-state index is 0.00620. The maximum absolute atomic E-state index is 12.3. The Morgan fingerprint density at radius 3 is 2.21 bits per heavy atom. The van der Waals surface area contributed by atoms with Crippen molar-refractivity contribution in [1.82, 2.24) is 5.32 Å². The highest BCUT2D eigenvalue weighted by Crippen LogP contribution is 2.25. The van der Waals surface area contributed by atoms with Crippen LogP contribution in [0.5, 0.6) is 0 Å². The number of hydrogen-bond acceptors (Lipinski definition) is 4. The maximum atomic E-state index is 12.3. The van der Waals surface area contributed by atoms with Crippen LogP contribution in [0.4, 0.5) is 5.69 Å². The Bertz CT molecular complexity index is 719. The molecule has 0 atom stereocenters. The number of nitrogens with one attached hydrogen (secondary N) is 1. The quantitative estimate of drug-likeness (QED) is 0.847. The first-order chi connectivity index (χ1) is 11.5. The molecular formula is C17H22N2O4S. The SMILES string of the molecule is O=C(NC1CCCCCC1)c1ccc(N2C(=O)CCS2(=O)=O)cc1. The van der Waals surface area contributed by atoms with E-state index in [1.165, 1.54) is 25.0 Å². The standard InChI is InChI=1S/C17H22N2O4S/c20-16-11-12-24(22,23)19(16)15-9-7-13(8-10-15)17(21)18-14-5-3-1-2-4-6-14/h7-10,14H,1-6,11-12H2,(H,18,21). The Morgan fingerprint density at radius 1 is 1.04 bits per heavy atom. The molecule has 2 amide bonds. The van der Waals surface area contributed by atoms with E-state index in [2.05, 4.69) is 5.32 Å². The zero-order valence-electron chi connectivity index (χ0n) is 13.5. The molecule has 1 N–H and O–H groups in total. The van der Waals surface area contributed by atoms with Crippen LogP contribution in [-0.2, 0) is 14.8 Å². The van der Waals surface area contributed by atoms with E-state index in [-0.39, 0.29) is 24.1 Å². The zero-order valence-corrected chi connectivity index (χ0v) is 14.3. The summed E-state index contributed by atoms with van der Waals surface area (Å²) in [7, 11) is -3.57. The molecule has 1 saturated heterocycles. The van der Waals surface area contributed by atoms with Gasteiger partial charge in [-0.25, -0.2) is 12.7 Å². The Labute approximate surface area is 142 Å². The first-order valence-electron chi connectivity index (χ1n) is 8.44. The van der Waals surface area contributed by atoms with Gasteiger partial charge >= 0.3 is 0 Å². The summed E-state index contributed by atoms with van der Waals surface area (Å²) in [5.41, 5.74) is 0.774. The monoisotopic (exact) mass is 350 g/mol. The van der Waals surface area contributed by atoms with E-state index < -0.39 is 15.9 Å². The third kappa shape index (κ3) is 3.61. The van der Waals surface area contributed by atoms with Crippen LogP contribution < -0.4 is 9.62 Å². The van der Waals surface area contributed by atoms with Crippen LogP contribution >= 0.6 is 0 Å². The fraction of sp³-hybridized carbons (Fsp3) is 0.529. The van der Waals surface area contributed by atoms with Crippen LogP contribution in [0.1, 0.15) is 55.3 Å². The molecule has 1 aromatic carbocycles. The highest BCUT2D eigenvalue weighted by Gasteiger charge is 2.36. The largest absolute Gasteiger partial charge is 0.349 e. The van der Waals surface area contributed by atoms with Gasteiger partial charge in [0, 0.05) is 18.0 Å². The van der Waals surface area contributed by atoms with Crippen molar-refractivity contribution in [3.8, 4) is 0 Å². The Morgan fingerprint density at radius 2 is 1.67 bits per heavy atom. The van der Waals surface area contributed by atoms with Gasteiger partial charge in [0.1, 0.15) is 0 Å². The van der Waals surface area contributed by atoms with E-state index in [0.717, 1.165) is 30.0 Å². The number of anilines is 1. The summed E-state index contributed by atoms with van der Waals surface area (Å²) in [6, 6.07) is 6.39. The van der Waals surface area contributed by atoms with Crippen molar-refractivity contribution in [2.45, 2.75) is 51.0 Å². The molecule has 0 bridgehead atoms. The molecule has 0 radical (unpaired) electrons. The summed E-state index contributed by atoms with van der Waals surface area (Å²) in [5.74, 6) is -0.731. The van der Waals surface area contributed by atoms with Gasteiger partial charge < -0.3 is 5.32 Å². The zero-order chi connectivity index (χ0) is 17.2. The maximum Gasteiger partial charge on any atom is 0.251 e. The third-order valence-electron chi connectivity index (χ3n) is 4.63. The molecule has 0 unspecified atom stereocenters. The first-order valence-corrected chi connectivity index (χ1v) is 10.0. The summed E-state index contributed by atoms with van der Waals surface area (Å²) >= 11 is 0. The number of nitrogens with zero attached hydrogens (tertiary/aromatic N) is 1. The summed E-state index contributed by atoms with van der Waals surface area (Å²) in [4.78, 5) is 24.1. The molecule has 130 valence electrons. The highest BCUT2D eigenvalue weighted by molar-refractivity contribution is 7.94. The molecular weight excluding hydrogens is 328 g/mol. The molecule has 3 rings (SSSR count). The summed E-state index contributed by atoms with van der Waals surface area (Å²) in [6.45, 7) is 0. The van der Waals surface area contributed by atoms with Crippen LogP contribution in [-0.4, -0.2) is 32.0 Å². The number of hydrogen-bond donors (Lipinski definition) is 1. The number of carbonyl (C=O) groups excluding carboxylic acids is 2. The van der Waals surface area contributed by atoms with Crippen molar-refractivity contribution in [2.24, 2.45) is 0 Å². The van der Waals surface area contributed by atoms with Gasteiger partial charge in [0.05, 0.1) is 11.4 Å². The van der Waals surface area contributed by atoms with E-state index in [9.17, 15) is 18.0 Å². The molecule has 2 fully saturated rings. The lowest BCUT2D eigenvalue weighted by Gasteiger charge is -2.17. The molecule has 1 saturated carbocycles. The van der Waals surface area contributed by atoms with Gasteiger partial charge in [-0.2, -0.15) is 0 Å². The van der Waals surface area contributed by atoms with Gasteiger partial charge in [-0.05, 0) is 37.1 Å². The van der Waals surface area contributed by atoms with Crippen LogP contribution in [0.25, 0.3) is 0 Å².